The van der Waals surface area contributed by atoms with Crippen LogP contribution in [0.5, 0.6) is 0 Å². The van der Waals surface area contributed by atoms with E-state index in [0.717, 1.165) is 32.1 Å². The Hall–Kier alpha value is -2.09. The Morgan fingerprint density at radius 3 is 2.32 bits per heavy atom. The zero-order chi connectivity index (χ0) is 16.0. The number of likely N-dealkylation sites (N-methyl/N-ethyl adjacent to an activating group) is 1. The lowest BCUT2D eigenvalue weighted by Gasteiger charge is -2.33. The summed E-state index contributed by atoms with van der Waals surface area (Å²) in [7, 11) is 3.73. The molecule has 2 aromatic heterocycles. The number of imidazole rings is 1. The van der Waals surface area contributed by atoms with Gasteiger partial charge in [0.05, 0.1) is 0 Å². The van der Waals surface area contributed by atoms with Crippen LogP contribution in [0.1, 0.15) is 19.9 Å². The van der Waals surface area contributed by atoms with E-state index in [4.69, 9.17) is 0 Å². The summed E-state index contributed by atoms with van der Waals surface area (Å²) in [4.78, 5) is 35.5. The van der Waals surface area contributed by atoms with Crippen molar-refractivity contribution in [2.75, 3.05) is 38.1 Å². The van der Waals surface area contributed by atoms with E-state index in [0.29, 0.717) is 11.2 Å². The summed E-state index contributed by atoms with van der Waals surface area (Å²) in [6.07, 6.45) is 0. The Bertz CT molecular complexity index is 807. The number of nitrogens with zero attached hydrogens (tertiary/aromatic N) is 5. The normalized spacial score (nSPS) is 16.9. The first-order valence-electron chi connectivity index (χ1n) is 7.55. The summed E-state index contributed by atoms with van der Waals surface area (Å²) in [5, 5.41) is 0. The minimum Gasteiger partial charge on any atom is -0.340 e. The van der Waals surface area contributed by atoms with E-state index >= 15 is 0 Å². The molecule has 1 aliphatic heterocycles. The predicted octanol–water partition coefficient (Wildman–Crippen LogP) is -0.244. The highest BCUT2D eigenvalue weighted by Gasteiger charge is 2.24. The maximum absolute atomic E-state index is 12.3. The van der Waals surface area contributed by atoms with E-state index < -0.39 is 5.69 Å². The summed E-state index contributed by atoms with van der Waals surface area (Å²) < 4.78 is 3.33. The standard InChI is InChI=1S/C14H22N6O2/c1-9(2)20-10-11(18(4)14(22)16-12(10)21)15-13(20)19-7-5-17(3)6-8-19/h9H,5-8H2,1-4H3,(H,16,21,22). The molecular weight excluding hydrogens is 284 g/mol. The largest absolute Gasteiger partial charge is 0.340 e. The number of hydrogen-bond donors (Lipinski definition) is 1. The third kappa shape index (κ3) is 2.23. The molecule has 0 aromatic carbocycles. The minimum absolute atomic E-state index is 0.0817. The number of nitrogens with one attached hydrogen (secondary N) is 1. The summed E-state index contributed by atoms with van der Waals surface area (Å²) in [6.45, 7) is 7.67. The van der Waals surface area contributed by atoms with E-state index in [1.807, 2.05) is 18.4 Å². The van der Waals surface area contributed by atoms with Crippen LogP contribution < -0.4 is 16.1 Å². The van der Waals surface area contributed by atoms with Gasteiger partial charge in [0.25, 0.3) is 5.56 Å². The van der Waals surface area contributed by atoms with Gasteiger partial charge in [0.2, 0.25) is 5.95 Å². The SMILES string of the molecule is CC(C)n1c(N2CCN(C)CC2)nc2c1c(=O)[nH]c(=O)n2C. The maximum atomic E-state index is 12.3. The molecule has 3 rings (SSSR count). The summed E-state index contributed by atoms with van der Waals surface area (Å²) in [5.74, 6) is 0.768. The number of fused-ring (bicyclic) bond motifs is 1. The fourth-order valence-electron chi connectivity index (χ4n) is 2.91. The second-order valence-corrected chi connectivity index (χ2v) is 6.16. The summed E-state index contributed by atoms with van der Waals surface area (Å²) in [5.41, 5.74) is 0.0953. The highest BCUT2D eigenvalue weighted by Crippen LogP contribution is 2.24. The van der Waals surface area contributed by atoms with Crippen molar-refractivity contribution in [1.82, 2.24) is 24.0 Å². The van der Waals surface area contributed by atoms with Crippen LogP contribution in [0, 0.1) is 0 Å². The van der Waals surface area contributed by atoms with E-state index in [-0.39, 0.29) is 11.6 Å². The highest BCUT2D eigenvalue weighted by molar-refractivity contribution is 5.74. The van der Waals surface area contributed by atoms with Crippen LogP contribution >= 0.6 is 0 Å². The molecule has 8 nitrogen and oxygen atoms in total. The highest BCUT2D eigenvalue weighted by atomic mass is 16.2. The van der Waals surface area contributed by atoms with Crippen LogP contribution in [0.2, 0.25) is 0 Å². The van der Waals surface area contributed by atoms with Gasteiger partial charge in [0.1, 0.15) is 0 Å². The van der Waals surface area contributed by atoms with Gasteiger partial charge in [0, 0.05) is 39.3 Å². The Kier molecular flexibility index (Phi) is 3.56. The average molecular weight is 306 g/mol. The molecule has 0 amide bonds. The number of aryl methyl sites for hydroxylation is 1. The molecule has 0 bridgehead atoms. The number of H-pyrrole nitrogens is 1. The molecule has 0 atom stereocenters. The van der Waals surface area contributed by atoms with E-state index in [1.165, 1.54) is 4.57 Å². The third-order valence-electron chi connectivity index (χ3n) is 4.23. The van der Waals surface area contributed by atoms with Gasteiger partial charge >= 0.3 is 5.69 Å². The lowest BCUT2D eigenvalue weighted by Crippen LogP contribution is -2.45. The lowest BCUT2D eigenvalue weighted by atomic mass is 10.3. The van der Waals surface area contributed by atoms with Crippen molar-refractivity contribution >= 4 is 17.1 Å². The Balaban J connectivity index is 2.24. The molecule has 0 saturated carbocycles. The molecule has 3 heterocycles. The van der Waals surface area contributed by atoms with Crippen LogP contribution in [0.25, 0.3) is 11.2 Å². The molecule has 2 aromatic rings. The van der Waals surface area contributed by atoms with Crippen molar-refractivity contribution in [3.63, 3.8) is 0 Å². The van der Waals surface area contributed by atoms with Crippen molar-refractivity contribution in [3.05, 3.63) is 20.8 Å². The van der Waals surface area contributed by atoms with Crippen LogP contribution in [0.4, 0.5) is 5.95 Å². The topological polar surface area (TPSA) is 79.2 Å². The fourth-order valence-corrected chi connectivity index (χ4v) is 2.91. The summed E-state index contributed by atoms with van der Waals surface area (Å²) in [6, 6.07) is 0.0817. The lowest BCUT2D eigenvalue weighted by molar-refractivity contribution is 0.309. The Labute approximate surface area is 128 Å². The van der Waals surface area contributed by atoms with Crippen LogP contribution in [0.3, 0.4) is 0 Å². The molecule has 1 N–H and O–H groups in total. The first kappa shape index (κ1) is 14.8. The second-order valence-electron chi connectivity index (χ2n) is 6.16. The van der Waals surface area contributed by atoms with Gasteiger partial charge in [0.15, 0.2) is 11.2 Å². The number of aromatic amines is 1. The van der Waals surface area contributed by atoms with Crippen molar-refractivity contribution in [2.24, 2.45) is 7.05 Å². The molecule has 1 saturated heterocycles. The average Bonchev–Trinajstić information content (AvgIpc) is 2.87. The minimum atomic E-state index is -0.434. The quantitative estimate of drug-likeness (QED) is 0.828. The van der Waals surface area contributed by atoms with E-state index in [1.54, 1.807) is 7.05 Å². The van der Waals surface area contributed by atoms with Crippen LogP contribution in [-0.4, -0.2) is 57.2 Å². The molecular formula is C14H22N6O2. The molecule has 0 radical (unpaired) electrons. The van der Waals surface area contributed by atoms with Gasteiger partial charge in [-0.3, -0.25) is 14.3 Å². The van der Waals surface area contributed by atoms with Gasteiger partial charge in [-0.15, -0.1) is 0 Å². The van der Waals surface area contributed by atoms with Crippen molar-refractivity contribution < 1.29 is 0 Å². The van der Waals surface area contributed by atoms with Gasteiger partial charge in [-0.2, -0.15) is 4.98 Å². The second kappa shape index (κ2) is 5.28. The van der Waals surface area contributed by atoms with Crippen LogP contribution in [-0.2, 0) is 7.05 Å². The van der Waals surface area contributed by atoms with Gasteiger partial charge < -0.3 is 14.4 Å². The number of piperazine rings is 1. The first-order valence-corrected chi connectivity index (χ1v) is 7.55. The van der Waals surface area contributed by atoms with Crippen molar-refractivity contribution in [3.8, 4) is 0 Å². The van der Waals surface area contributed by atoms with Gasteiger partial charge in [-0.1, -0.05) is 0 Å². The molecule has 0 spiro atoms. The molecule has 22 heavy (non-hydrogen) atoms. The van der Waals surface area contributed by atoms with Gasteiger partial charge in [-0.05, 0) is 20.9 Å². The van der Waals surface area contributed by atoms with Crippen LogP contribution in [0.15, 0.2) is 9.59 Å². The van der Waals surface area contributed by atoms with Crippen molar-refractivity contribution in [2.45, 2.75) is 19.9 Å². The smallest absolute Gasteiger partial charge is 0.329 e. The monoisotopic (exact) mass is 306 g/mol. The van der Waals surface area contributed by atoms with Crippen molar-refractivity contribution in [1.29, 1.82) is 0 Å². The van der Waals surface area contributed by atoms with Gasteiger partial charge in [-0.25, -0.2) is 4.79 Å². The number of anilines is 1. The molecule has 1 aliphatic rings. The maximum Gasteiger partial charge on any atom is 0.329 e. The Morgan fingerprint density at radius 1 is 1.09 bits per heavy atom. The van der Waals surface area contributed by atoms with E-state index in [2.05, 4.69) is 26.8 Å². The number of aromatic nitrogens is 4. The predicted molar refractivity (Wildman–Crippen MR) is 85.7 cm³/mol. The fraction of sp³-hybridized carbons (Fsp3) is 0.643. The Morgan fingerprint density at radius 2 is 1.73 bits per heavy atom. The molecule has 0 unspecified atom stereocenters. The zero-order valence-electron chi connectivity index (χ0n) is 13.5. The summed E-state index contributed by atoms with van der Waals surface area (Å²) >= 11 is 0. The molecule has 8 heteroatoms. The zero-order valence-corrected chi connectivity index (χ0v) is 13.5. The number of hydrogen-bond acceptors (Lipinski definition) is 5. The molecule has 1 fully saturated rings. The third-order valence-corrected chi connectivity index (χ3v) is 4.23. The first-order chi connectivity index (χ1) is 10.4. The molecule has 120 valence electrons. The number of rotatable bonds is 2. The van der Waals surface area contributed by atoms with E-state index in [9.17, 15) is 9.59 Å². The molecule has 0 aliphatic carbocycles.